The number of aromatic nitrogens is 2. The minimum atomic E-state index is -0.609. The summed E-state index contributed by atoms with van der Waals surface area (Å²) in [6, 6.07) is 11.6. The first-order valence-electron chi connectivity index (χ1n) is 9.44. The largest absolute Gasteiger partial charge is 0.481 e. The highest BCUT2D eigenvalue weighted by Gasteiger charge is 2.37. The molecule has 0 bridgehead atoms. The minimum Gasteiger partial charge on any atom is -0.481 e. The first kappa shape index (κ1) is 18.6. The Labute approximate surface area is 164 Å². The van der Waals surface area contributed by atoms with Crippen molar-refractivity contribution < 1.29 is 19.0 Å². The number of carbonyl (C=O) groups is 1. The van der Waals surface area contributed by atoms with Crippen LogP contribution in [0.25, 0.3) is 0 Å². The fourth-order valence-corrected chi connectivity index (χ4v) is 3.59. The van der Waals surface area contributed by atoms with E-state index in [4.69, 9.17) is 14.2 Å². The molecule has 1 aromatic heterocycles. The quantitative estimate of drug-likeness (QED) is 0.786. The SMILES string of the molecule is COc1cc(N2CCN(C(=O)[C@@H]3OCCO[C@@H]3c3ccccc3)CC2)ncn1. The number of hydrogen-bond acceptors (Lipinski definition) is 7. The predicted octanol–water partition coefficient (Wildman–Crippen LogP) is 1.29. The van der Waals surface area contributed by atoms with Gasteiger partial charge in [0.1, 0.15) is 18.2 Å². The number of hydrogen-bond donors (Lipinski definition) is 0. The summed E-state index contributed by atoms with van der Waals surface area (Å²) in [5, 5.41) is 0. The molecule has 2 aromatic rings. The van der Waals surface area contributed by atoms with Gasteiger partial charge in [-0.3, -0.25) is 4.79 Å². The van der Waals surface area contributed by atoms with Crippen molar-refractivity contribution in [3.05, 3.63) is 48.3 Å². The van der Waals surface area contributed by atoms with Crippen molar-refractivity contribution in [2.75, 3.05) is 51.4 Å². The third-order valence-electron chi connectivity index (χ3n) is 5.08. The molecule has 8 nitrogen and oxygen atoms in total. The number of benzene rings is 1. The number of amides is 1. The van der Waals surface area contributed by atoms with Crippen molar-refractivity contribution in [2.45, 2.75) is 12.2 Å². The molecule has 8 heteroatoms. The Morgan fingerprint density at radius 2 is 1.82 bits per heavy atom. The second-order valence-corrected chi connectivity index (χ2v) is 6.72. The van der Waals surface area contributed by atoms with E-state index in [9.17, 15) is 4.79 Å². The second-order valence-electron chi connectivity index (χ2n) is 6.72. The highest BCUT2D eigenvalue weighted by Crippen LogP contribution is 2.28. The van der Waals surface area contributed by atoms with Crippen LogP contribution in [0.2, 0.25) is 0 Å². The van der Waals surface area contributed by atoms with Crippen LogP contribution in [0, 0.1) is 0 Å². The number of anilines is 1. The highest BCUT2D eigenvalue weighted by molar-refractivity contribution is 5.82. The van der Waals surface area contributed by atoms with Crippen LogP contribution in [0.15, 0.2) is 42.7 Å². The Balaban J connectivity index is 1.41. The summed E-state index contributed by atoms with van der Waals surface area (Å²) < 4.78 is 16.9. The van der Waals surface area contributed by atoms with Gasteiger partial charge in [-0.2, -0.15) is 0 Å². The van der Waals surface area contributed by atoms with Crippen LogP contribution in [-0.4, -0.2) is 73.4 Å². The zero-order chi connectivity index (χ0) is 19.3. The van der Waals surface area contributed by atoms with Crippen LogP contribution in [0.3, 0.4) is 0 Å². The zero-order valence-electron chi connectivity index (χ0n) is 15.9. The van der Waals surface area contributed by atoms with Gasteiger partial charge in [-0.15, -0.1) is 0 Å². The molecule has 2 aliphatic heterocycles. The van der Waals surface area contributed by atoms with Gasteiger partial charge in [0, 0.05) is 32.2 Å². The van der Waals surface area contributed by atoms with Crippen LogP contribution in [0.4, 0.5) is 5.82 Å². The fourth-order valence-electron chi connectivity index (χ4n) is 3.59. The molecule has 0 radical (unpaired) electrons. The third kappa shape index (κ3) is 3.93. The maximum absolute atomic E-state index is 13.1. The summed E-state index contributed by atoms with van der Waals surface area (Å²) in [5.41, 5.74) is 0.965. The van der Waals surface area contributed by atoms with E-state index in [-0.39, 0.29) is 12.0 Å². The molecule has 2 fully saturated rings. The van der Waals surface area contributed by atoms with E-state index < -0.39 is 6.10 Å². The Morgan fingerprint density at radius 1 is 1.07 bits per heavy atom. The van der Waals surface area contributed by atoms with Crippen molar-refractivity contribution in [3.8, 4) is 5.88 Å². The van der Waals surface area contributed by atoms with Gasteiger partial charge in [-0.1, -0.05) is 30.3 Å². The summed E-state index contributed by atoms with van der Waals surface area (Å²) in [5.74, 6) is 1.31. The van der Waals surface area contributed by atoms with Gasteiger partial charge >= 0.3 is 0 Å². The molecule has 2 saturated heterocycles. The molecule has 3 heterocycles. The van der Waals surface area contributed by atoms with Crippen molar-refractivity contribution in [1.29, 1.82) is 0 Å². The first-order valence-corrected chi connectivity index (χ1v) is 9.44. The summed E-state index contributed by atoms with van der Waals surface area (Å²) >= 11 is 0. The first-order chi connectivity index (χ1) is 13.8. The van der Waals surface area contributed by atoms with E-state index in [0.29, 0.717) is 45.3 Å². The number of methoxy groups -OCH3 is 1. The van der Waals surface area contributed by atoms with E-state index in [2.05, 4.69) is 14.9 Å². The molecular formula is C20H24N4O4. The number of piperazine rings is 1. The maximum Gasteiger partial charge on any atom is 0.254 e. The van der Waals surface area contributed by atoms with Crippen molar-refractivity contribution in [3.63, 3.8) is 0 Å². The molecule has 0 saturated carbocycles. The molecule has 28 heavy (non-hydrogen) atoms. The molecule has 1 aromatic carbocycles. The summed E-state index contributed by atoms with van der Waals surface area (Å²) in [6.07, 6.45) is 0.511. The molecule has 148 valence electrons. The molecule has 0 unspecified atom stereocenters. The minimum absolute atomic E-state index is 0.0199. The molecule has 0 N–H and O–H groups in total. The Kier molecular flexibility index (Phi) is 5.68. The maximum atomic E-state index is 13.1. The summed E-state index contributed by atoms with van der Waals surface area (Å²) in [6.45, 7) is 3.51. The normalized spacial score (nSPS) is 22.8. The Bertz CT molecular complexity index is 796. The smallest absolute Gasteiger partial charge is 0.254 e. The molecular weight excluding hydrogens is 360 g/mol. The average molecular weight is 384 g/mol. The van der Waals surface area contributed by atoms with Crippen molar-refractivity contribution in [1.82, 2.24) is 14.9 Å². The molecule has 0 spiro atoms. The van der Waals surface area contributed by atoms with Gasteiger partial charge in [0.2, 0.25) is 5.88 Å². The number of rotatable bonds is 4. The monoisotopic (exact) mass is 384 g/mol. The van der Waals surface area contributed by atoms with E-state index in [1.54, 1.807) is 13.2 Å². The number of nitrogens with zero attached hydrogens (tertiary/aromatic N) is 4. The van der Waals surface area contributed by atoms with Crippen LogP contribution >= 0.6 is 0 Å². The van der Waals surface area contributed by atoms with Crippen molar-refractivity contribution >= 4 is 11.7 Å². The van der Waals surface area contributed by atoms with Crippen LogP contribution < -0.4 is 9.64 Å². The van der Waals surface area contributed by atoms with Gasteiger partial charge in [-0.05, 0) is 5.56 Å². The standard InChI is InChI=1S/C20H24N4O4/c1-26-17-13-16(21-14-22-17)23-7-9-24(10-8-23)20(25)19-18(27-11-12-28-19)15-5-3-2-4-6-15/h2-6,13-14,18-19H,7-12H2,1H3/t18-,19-/m1/s1. The topological polar surface area (TPSA) is 77.0 Å². The van der Waals surface area contributed by atoms with Gasteiger partial charge in [0.25, 0.3) is 5.91 Å². The van der Waals surface area contributed by atoms with E-state index in [1.807, 2.05) is 35.2 Å². The molecule has 4 rings (SSSR count). The third-order valence-corrected chi connectivity index (χ3v) is 5.08. The van der Waals surface area contributed by atoms with E-state index in [1.165, 1.54) is 6.33 Å². The van der Waals surface area contributed by atoms with Crippen LogP contribution in [0.1, 0.15) is 11.7 Å². The zero-order valence-corrected chi connectivity index (χ0v) is 15.9. The number of carbonyl (C=O) groups excluding carboxylic acids is 1. The molecule has 2 atom stereocenters. The molecule has 1 amide bonds. The fraction of sp³-hybridized carbons (Fsp3) is 0.450. The second kappa shape index (κ2) is 8.53. The van der Waals surface area contributed by atoms with Crippen LogP contribution in [-0.2, 0) is 14.3 Å². The molecule has 2 aliphatic rings. The van der Waals surface area contributed by atoms with Gasteiger partial charge in [0.15, 0.2) is 6.10 Å². The summed E-state index contributed by atoms with van der Waals surface area (Å²) in [7, 11) is 1.58. The van der Waals surface area contributed by atoms with Crippen LogP contribution in [0.5, 0.6) is 5.88 Å². The summed E-state index contributed by atoms with van der Waals surface area (Å²) in [4.78, 5) is 25.5. The average Bonchev–Trinajstić information content (AvgIpc) is 2.79. The van der Waals surface area contributed by atoms with Gasteiger partial charge in [0.05, 0.1) is 20.3 Å². The van der Waals surface area contributed by atoms with E-state index in [0.717, 1.165) is 11.4 Å². The highest BCUT2D eigenvalue weighted by atomic mass is 16.6. The molecule has 0 aliphatic carbocycles. The van der Waals surface area contributed by atoms with Gasteiger partial charge < -0.3 is 24.0 Å². The lowest BCUT2D eigenvalue weighted by atomic mass is 10.0. The number of ether oxygens (including phenoxy) is 3. The van der Waals surface area contributed by atoms with Gasteiger partial charge in [-0.25, -0.2) is 9.97 Å². The van der Waals surface area contributed by atoms with E-state index >= 15 is 0 Å². The Morgan fingerprint density at radius 3 is 2.57 bits per heavy atom. The Hall–Kier alpha value is -2.71. The predicted molar refractivity (Wildman–Crippen MR) is 102 cm³/mol. The lowest BCUT2D eigenvalue weighted by Crippen LogP contribution is -2.54. The van der Waals surface area contributed by atoms with Crippen molar-refractivity contribution in [2.24, 2.45) is 0 Å². The lowest BCUT2D eigenvalue weighted by Gasteiger charge is -2.39. The lowest BCUT2D eigenvalue weighted by molar-refractivity contribution is -0.175.